The van der Waals surface area contributed by atoms with Crippen molar-refractivity contribution in [2.24, 2.45) is 7.05 Å². The highest BCUT2D eigenvalue weighted by atomic mass is 79.9. The second kappa shape index (κ2) is 5.46. The van der Waals surface area contributed by atoms with Crippen molar-refractivity contribution in [3.63, 3.8) is 0 Å². The van der Waals surface area contributed by atoms with Crippen LogP contribution in [-0.4, -0.2) is 16.6 Å². The Morgan fingerprint density at radius 3 is 2.65 bits per heavy atom. The zero-order valence-electron chi connectivity index (χ0n) is 11.4. The fourth-order valence-corrected chi connectivity index (χ4v) is 2.71. The maximum Gasteiger partial charge on any atom is 0.231 e. The first-order chi connectivity index (χ1) is 9.63. The summed E-state index contributed by atoms with van der Waals surface area (Å²) in [5.41, 5.74) is 3.42. The van der Waals surface area contributed by atoms with Gasteiger partial charge in [0.05, 0.1) is 5.69 Å². The minimum absolute atomic E-state index is 0.299. The summed E-state index contributed by atoms with van der Waals surface area (Å²) in [7, 11) is 1.94. The molecule has 1 aliphatic heterocycles. The van der Waals surface area contributed by atoms with Gasteiger partial charge in [0.25, 0.3) is 0 Å². The molecule has 2 aromatic rings. The SMILES string of the molecule is Cc1nn(C)cc1CNCc1cc2c(cc1Br)OCO2. The first kappa shape index (κ1) is 13.5. The van der Waals surface area contributed by atoms with Gasteiger partial charge >= 0.3 is 0 Å². The Labute approximate surface area is 126 Å². The average molecular weight is 338 g/mol. The lowest BCUT2D eigenvalue weighted by molar-refractivity contribution is 0.174. The van der Waals surface area contributed by atoms with Crippen LogP contribution in [0.25, 0.3) is 0 Å². The molecule has 0 atom stereocenters. The molecule has 0 spiro atoms. The van der Waals surface area contributed by atoms with Crippen molar-refractivity contribution >= 4 is 15.9 Å². The number of aromatic nitrogens is 2. The molecule has 0 unspecified atom stereocenters. The van der Waals surface area contributed by atoms with Gasteiger partial charge in [-0.05, 0) is 24.6 Å². The fraction of sp³-hybridized carbons (Fsp3) is 0.357. The number of ether oxygens (including phenoxy) is 2. The van der Waals surface area contributed by atoms with E-state index < -0.39 is 0 Å². The first-order valence-corrected chi connectivity index (χ1v) is 7.20. The van der Waals surface area contributed by atoms with Crippen LogP contribution in [0.3, 0.4) is 0 Å². The second-order valence-corrected chi connectivity index (χ2v) is 5.67. The molecule has 2 heterocycles. The maximum atomic E-state index is 5.40. The van der Waals surface area contributed by atoms with Crippen molar-refractivity contribution in [2.45, 2.75) is 20.0 Å². The van der Waals surface area contributed by atoms with Gasteiger partial charge in [-0.25, -0.2) is 0 Å². The summed E-state index contributed by atoms with van der Waals surface area (Å²) in [6.45, 7) is 3.87. The number of hydrogen-bond acceptors (Lipinski definition) is 4. The summed E-state index contributed by atoms with van der Waals surface area (Å²) in [6, 6.07) is 3.96. The van der Waals surface area contributed by atoms with E-state index in [1.165, 1.54) is 5.56 Å². The molecule has 3 rings (SSSR count). The number of halogens is 1. The van der Waals surface area contributed by atoms with E-state index in [1.54, 1.807) is 0 Å². The molecular weight excluding hydrogens is 322 g/mol. The number of nitrogens with one attached hydrogen (secondary N) is 1. The number of fused-ring (bicyclic) bond motifs is 1. The lowest BCUT2D eigenvalue weighted by Crippen LogP contribution is -2.13. The van der Waals surface area contributed by atoms with Crippen LogP contribution in [0.4, 0.5) is 0 Å². The number of rotatable bonds is 4. The van der Waals surface area contributed by atoms with Gasteiger partial charge in [-0.15, -0.1) is 0 Å². The van der Waals surface area contributed by atoms with Gasteiger partial charge in [0.1, 0.15) is 0 Å². The molecule has 0 fully saturated rings. The molecule has 1 aliphatic rings. The van der Waals surface area contributed by atoms with Crippen LogP contribution < -0.4 is 14.8 Å². The van der Waals surface area contributed by atoms with Crippen LogP contribution >= 0.6 is 15.9 Å². The van der Waals surface area contributed by atoms with Crippen LogP contribution in [-0.2, 0) is 20.1 Å². The molecule has 106 valence electrons. The molecule has 0 amide bonds. The molecule has 1 aromatic heterocycles. The van der Waals surface area contributed by atoms with Crippen molar-refractivity contribution in [3.8, 4) is 11.5 Å². The Hall–Kier alpha value is -1.53. The zero-order chi connectivity index (χ0) is 14.1. The largest absolute Gasteiger partial charge is 0.454 e. The van der Waals surface area contributed by atoms with Gasteiger partial charge in [-0.3, -0.25) is 4.68 Å². The molecule has 0 radical (unpaired) electrons. The first-order valence-electron chi connectivity index (χ1n) is 6.41. The quantitative estimate of drug-likeness (QED) is 0.931. The van der Waals surface area contributed by atoms with Crippen LogP contribution in [0.1, 0.15) is 16.8 Å². The third kappa shape index (κ3) is 2.66. The molecule has 20 heavy (non-hydrogen) atoms. The Morgan fingerprint density at radius 1 is 1.25 bits per heavy atom. The maximum absolute atomic E-state index is 5.40. The van der Waals surface area contributed by atoms with Gasteiger partial charge < -0.3 is 14.8 Å². The lowest BCUT2D eigenvalue weighted by Gasteiger charge is -2.08. The molecule has 0 saturated carbocycles. The van der Waals surface area contributed by atoms with Gasteiger partial charge in [0.15, 0.2) is 11.5 Å². The Kier molecular flexibility index (Phi) is 3.67. The highest BCUT2D eigenvalue weighted by Gasteiger charge is 2.16. The smallest absolute Gasteiger partial charge is 0.231 e. The second-order valence-electron chi connectivity index (χ2n) is 4.81. The molecule has 0 aliphatic carbocycles. The highest BCUT2D eigenvalue weighted by molar-refractivity contribution is 9.10. The zero-order valence-corrected chi connectivity index (χ0v) is 13.0. The van der Waals surface area contributed by atoms with Gasteiger partial charge in [0, 0.05) is 36.4 Å². The molecule has 0 saturated heterocycles. The summed E-state index contributed by atoms with van der Waals surface area (Å²) in [5, 5.41) is 7.76. The molecule has 1 N–H and O–H groups in total. The fourth-order valence-electron chi connectivity index (χ4n) is 2.25. The monoisotopic (exact) mass is 337 g/mol. The summed E-state index contributed by atoms with van der Waals surface area (Å²) in [5.74, 6) is 1.60. The van der Waals surface area contributed by atoms with E-state index in [2.05, 4.69) is 26.3 Å². The van der Waals surface area contributed by atoms with Crippen LogP contribution in [0.15, 0.2) is 22.8 Å². The van der Waals surface area contributed by atoms with E-state index >= 15 is 0 Å². The number of benzene rings is 1. The van der Waals surface area contributed by atoms with E-state index in [0.29, 0.717) is 6.79 Å². The van der Waals surface area contributed by atoms with Crippen molar-refractivity contribution < 1.29 is 9.47 Å². The molecule has 6 heteroatoms. The van der Waals surface area contributed by atoms with Crippen molar-refractivity contribution in [1.82, 2.24) is 15.1 Å². The normalized spacial score (nSPS) is 12.9. The van der Waals surface area contributed by atoms with Crippen LogP contribution in [0.2, 0.25) is 0 Å². The predicted octanol–water partition coefficient (Wildman–Crippen LogP) is 2.51. The van der Waals surface area contributed by atoms with Crippen LogP contribution in [0, 0.1) is 6.92 Å². The third-order valence-corrected chi connectivity index (χ3v) is 4.03. The van der Waals surface area contributed by atoms with Gasteiger partial charge in [0.2, 0.25) is 6.79 Å². The molecule has 5 nitrogen and oxygen atoms in total. The van der Waals surface area contributed by atoms with E-state index in [9.17, 15) is 0 Å². The van der Waals surface area contributed by atoms with Crippen LogP contribution in [0.5, 0.6) is 11.5 Å². The third-order valence-electron chi connectivity index (χ3n) is 3.29. The average Bonchev–Trinajstić information content (AvgIpc) is 2.96. The molecule has 0 bridgehead atoms. The highest BCUT2D eigenvalue weighted by Crippen LogP contribution is 2.36. The molecule has 1 aromatic carbocycles. The predicted molar refractivity (Wildman–Crippen MR) is 78.8 cm³/mol. The Morgan fingerprint density at radius 2 is 1.95 bits per heavy atom. The minimum Gasteiger partial charge on any atom is -0.454 e. The van der Waals surface area contributed by atoms with Gasteiger partial charge in [-0.2, -0.15) is 5.10 Å². The number of aryl methyl sites for hydroxylation is 2. The Bertz CT molecular complexity index is 640. The summed E-state index contributed by atoms with van der Waals surface area (Å²) in [6.07, 6.45) is 2.04. The van der Waals surface area contributed by atoms with E-state index in [-0.39, 0.29) is 0 Å². The van der Waals surface area contributed by atoms with E-state index in [1.807, 2.05) is 37.0 Å². The summed E-state index contributed by atoms with van der Waals surface area (Å²) < 4.78 is 13.6. The summed E-state index contributed by atoms with van der Waals surface area (Å²) >= 11 is 3.56. The van der Waals surface area contributed by atoms with E-state index in [0.717, 1.165) is 40.3 Å². The topological polar surface area (TPSA) is 48.3 Å². The van der Waals surface area contributed by atoms with E-state index in [4.69, 9.17) is 9.47 Å². The minimum atomic E-state index is 0.299. The van der Waals surface area contributed by atoms with Crippen molar-refractivity contribution in [2.75, 3.05) is 6.79 Å². The number of hydrogen-bond donors (Lipinski definition) is 1. The van der Waals surface area contributed by atoms with Crippen molar-refractivity contribution in [3.05, 3.63) is 39.6 Å². The lowest BCUT2D eigenvalue weighted by atomic mass is 10.2. The Balaban J connectivity index is 1.65. The van der Waals surface area contributed by atoms with Gasteiger partial charge in [-0.1, -0.05) is 15.9 Å². The number of nitrogens with zero attached hydrogens (tertiary/aromatic N) is 2. The summed E-state index contributed by atoms with van der Waals surface area (Å²) in [4.78, 5) is 0. The standard InChI is InChI=1S/C14H16BrN3O2/c1-9-11(7-18(2)17-9)6-16-5-10-3-13-14(4-12(10)15)20-8-19-13/h3-4,7,16H,5-6,8H2,1-2H3. The van der Waals surface area contributed by atoms with Crippen molar-refractivity contribution in [1.29, 1.82) is 0 Å². The molecular formula is C14H16BrN3O2.